The lowest BCUT2D eigenvalue weighted by molar-refractivity contribution is 0.577. The monoisotopic (exact) mass is 286 g/mol. The number of sulfonamides is 1. The number of nitrogens with zero attached hydrogens (tertiary/aromatic N) is 1. The highest BCUT2D eigenvalue weighted by atomic mass is 32.2. The number of aromatic nitrogens is 2. The lowest BCUT2D eigenvalue weighted by Gasteiger charge is -2.06. The maximum absolute atomic E-state index is 11.9. The van der Waals surface area contributed by atoms with Gasteiger partial charge in [0.2, 0.25) is 0 Å². The zero-order chi connectivity index (χ0) is 13.2. The van der Waals surface area contributed by atoms with Crippen LogP contribution in [-0.2, 0) is 16.6 Å². The number of hydrogen-bond donors (Lipinski definition) is 3. The molecule has 2 aromatic rings. The Morgan fingerprint density at radius 2 is 2.28 bits per heavy atom. The van der Waals surface area contributed by atoms with Crippen molar-refractivity contribution in [1.82, 2.24) is 14.7 Å². The lowest BCUT2D eigenvalue weighted by atomic mass is 10.4. The summed E-state index contributed by atoms with van der Waals surface area (Å²) in [5.41, 5.74) is 6.10. The first-order chi connectivity index (χ1) is 8.49. The minimum atomic E-state index is -3.78. The van der Waals surface area contributed by atoms with Crippen molar-refractivity contribution in [3.63, 3.8) is 0 Å². The summed E-state index contributed by atoms with van der Waals surface area (Å²) in [6, 6.07) is 3.00. The minimum Gasteiger partial charge on any atom is -0.396 e. The van der Waals surface area contributed by atoms with E-state index in [0.717, 1.165) is 11.3 Å². The smallest absolute Gasteiger partial charge is 0.304 e. The third-order valence-electron chi connectivity index (χ3n) is 2.08. The van der Waals surface area contributed by atoms with Crippen molar-refractivity contribution >= 4 is 27.0 Å². The normalized spacial score (nSPS) is 11.6. The average molecular weight is 286 g/mol. The number of pyridine rings is 1. The molecule has 0 atom stereocenters. The maximum Gasteiger partial charge on any atom is 0.304 e. The molecular weight excluding hydrogens is 276 g/mol. The Kier molecular flexibility index (Phi) is 3.45. The maximum atomic E-state index is 11.9. The summed E-state index contributed by atoms with van der Waals surface area (Å²) in [4.78, 5) is 16.9. The zero-order valence-electron chi connectivity index (χ0n) is 9.08. The van der Waals surface area contributed by atoms with Gasteiger partial charge in [-0.3, -0.25) is 4.79 Å². The Morgan fingerprint density at radius 1 is 1.50 bits per heavy atom. The molecule has 0 aliphatic carbocycles. The van der Waals surface area contributed by atoms with Crippen molar-refractivity contribution in [3.05, 3.63) is 39.1 Å². The van der Waals surface area contributed by atoms with Crippen molar-refractivity contribution in [2.75, 3.05) is 5.73 Å². The van der Waals surface area contributed by atoms with Gasteiger partial charge in [-0.15, -0.1) is 0 Å². The van der Waals surface area contributed by atoms with Crippen molar-refractivity contribution in [2.24, 2.45) is 0 Å². The summed E-state index contributed by atoms with van der Waals surface area (Å²) < 4.78 is 26.1. The van der Waals surface area contributed by atoms with E-state index in [-0.39, 0.29) is 22.1 Å². The quantitative estimate of drug-likeness (QED) is 0.725. The van der Waals surface area contributed by atoms with E-state index in [2.05, 4.69) is 14.7 Å². The van der Waals surface area contributed by atoms with E-state index >= 15 is 0 Å². The molecule has 96 valence electrons. The molecule has 0 spiro atoms. The predicted molar refractivity (Wildman–Crippen MR) is 67.6 cm³/mol. The molecule has 2 aromatic heterocycles. The number of hydrogen-bond acceptors (Lipinski definition) is 6. The van der Waals surface area contributed by atoms with Gasteiger partial charge in [-0.1, -0.05) is 11.3 Å². The molecular formula is C9H10N4O3S2. The Labute approximate surface area is 107 Å². The summed E-state index contributed by atoms with van der Waals surface area (Å²) in [5, 5.41) is 1.33. The van der Waals surface area contributed by atoms with Crippen LogP contribution >= 0.6 is 11.3 Å². The molecule has 0 fully saturated rings. The van der Waals surface area contributed by atoms with Gasteiger partial charge in [0, 0.05) is 17.3 Å². The van der Waals surface area contributed by atoms with E-state index in [9.17, 15) is 13.2 Å². The van der Waals surface area contributed by atoms with Crippen LogP contribution in [0.1, 0.15) is 5.69 Å². The number of anilines is 1. The molecule has 0 aromatic carbocycles. The number of aromatic amines is 1. The van der Waals surface area contributed by atoms with Gasteiger partial charge in [0.1, 0.15) is 0 Å². The van der Waals surface area contributed by atoms with E-state index < -0.39 is 10.0 Å². The number of nitrogen functional groups attached to an aromatic ring is 1. The number of rotatable bonds is 4. The fourth-order valence-electron chi connectivity index (χ4n) is 1.27. The first-order valence-electron chi connectivity index (χ1n) is 4.86. The highest BCUT2D eigenvalue weighted by molar-refractivity contribution is 7.89. The molecule has 0 radical (unpaired) electrons. The average Bonchev–Trinajstić information content (AvgIpc) is 2.73. The summed E-state index contributed by atoms with van der Waals surface area (Å²) >= 11 is 0.968. The third kappa shape index (κ3) is 2.75. The summed E-state index contributed by atoms with van der Waals surface area (Å²) in [5.74, 6) is 0. The standard InChI is InChI=1S/C9H10N4O3S2/c10-7-2-1-3-11-8(7)18(15,16)12-4-6-5-17-9(14)13-6/h1-3,5,12H,4,10H2,(H,13,14). The van der Waals surface area contributed by atoms with Crippen molar-refractivity contribution in [3.8, 4) is 0 Å². The molecule has 2 rings (SSSR count). The van der Waals surface area contributed by atoms with Gasteiger partial charge in [0.15, 0.2) is 5.03 Å². The van der Waals surface area contributed by atoms with Gasteiger partial charge in [0.25, 0.3) is 10.0 Å². The molecule has 0 aliphatic heterocycles. The highest BCUT2D eigenvalue weighted by Gasteiger charge is 2.18. The van der Waals surface area contributed by atoms with Crippen LogP contribution in [0.4, 0.5) is 5.69 Å². The Morgan fingerprint density at radius 3 is 2.89 bits per heavy atom. The van der Waals surface area contributed by atoms with Crippen LogP contribution in [0, 0.1) is 0 Å². The van der Waals surface area contributed by atoms with E-state index in [1.165, 1.54) is 12.3 Å². The summed E-state index contributed by atoms with van der Waals surface area (Å²) in [6.07, 6.45) is 1.34. The lowest BCUT2D eigenvalue weighted by Crippen LogP contribution is -2.25. The number of nitrogens with one attached hydrogen (secondary N) is 2. The number of H-pyrrole nitrogens is 1. The third-order valence-corrected chi connectivity index (χ3v) is 4.17. The van der Waals surface area contributed by atoms with Crippen molar-refractivity contribution < 1.29 is 8.42 Å². The second-order valence-electron chi connectivity index (χ2n) is 3.40. The van der Waals surface area contributed by atoms with Crippen molar-refractivity contribution in [2.45, 2.75) is 11.6 Å². The molecule has 0 bridgehead atoms. The highest BCUT2D eigenvalue weighted by Crippen LogP contribution is 2.13. The summed E-state index contributed by atoms with van der Waals surface area (Å²) in [6.45, 7) is -0.0168. The Balaban J connectivity index is 2.18. The summed E-state index contributed by atoms with van der Waals surface area (Å²) in [7, 11) is -3.78. The van der Waals surface area contributed by atoms with E-state index in [4.69, 9.17) is 5.73 Å². The fourth-order valence-corrected chi connectivity index (χ4v) is 2.91. The second-order valence-corrected chi connectivity index (χ2v) is 5.92. The molecule has 0 saturated carbocycles. The molecule has 0 saturated heterocycles. The van der Waals surface area contributed by atoms with Crippen molar-refractivity contribution in [1.29, 1.82) is 0 Å². The van der Waals surface area contributed by atoms with E-state index in [1.54, 1.807) is 11.4 Å². The molecule has 2 heterocycles. The predicted octanol–water partition coefficient (Wildman–Crippen LogP) is -0.108. The Bertz CT molecular complexity index is 704. The molecule has 0 unspecified atom stereocenters. The molecule has 0 aliphatic rings. The Hall–Kier alpha value is -1.71. The molecule has 18 heavy (non-hydrogen) atoms. The molecule has 9 heteroatoms. The van der Waals surface area contributed by atoms with Crippen LogP contribution in [0.5, 0.6) is 0 Å². The zero-order valence-corrected chi connectivity index (χ0v) is 10.7. The van der Waals surface area contributed by atoms with E-state index in [0.29, 0.717) is 5.69 Å². The van der Waals surface area contributed by atoms with Gasteiger partial charge < -0.3 is 10.7 Å². The van der Waals surface area contributed by atoms with Crippen LogP contribution in [-0.4, -0.2) is 18.4 Å². The van der Waals surface area contributed by atoms with Gasteiger partial charge in [-0.2, -0.15) is 0 Å². The first kappa shape index (κ1) is 12.7. The van der Waals surface area contributed by atoms with Crippen LogP contribution < -0.4 is 15.3 Å². The molecule has 0 amide bonds. The molecule has 4 N–H and O–H groups in total. The SMILES string of the molecule is Nc1cccnc1S(=O)(=O)NCc1csc(=O)[nH]1. The number of nitrogens with two attached hydrogens (primary N) is 1. The van der Waals surface area contributed by atoms with E-state index in [1.807, 2.05) is 0 Å². The van der Waals surface area contributed by atoms with Gasteiger partial charge in [-0.05, 0) is 12.1 Å². The largest absolute Gasteiger partial charge is 0.396 e. The second kappa shape index (κ2) is 4.88. The molecule has 7 nitrogen and oxygen atoms in total. The van der Waals surface area contributed by atoms with Crippen LogP contribution in [0.2, 0.25) is 0 Å². The van der Waals surface area contributed by atoms with Crippen LogP contribution in [0.25, 0.3) is 0 Å². The van der Waals surface area contributed by atoms with Crippen LogP contribution in [0.15, 0.2) is 33.5 Å². The van der Waals surface area contributed by atoms with Gasteiger partial charge >= 0.3 is 4.87 Å². The van der Waals surface area contributed by atoms with Crippen LogP contribution in [0.3, 0.4) is 0 Å². The number of thiazole rings is 1. The van der Waals surface area contributed by atoms with Gasteiger partial charge in [-0.25, -0.2) is 18.1 Å². The van der Waals surface area contributed by atoms with Gasteiger partial charge in [0.05, 0.1) is 12.2 Å². The minimum absolute atomic E-state index is 0.0168. The fraction of sp³-hybridized carbons (Fsp3) is 0.111. The topological polar surface area (TPSA) is 118 Å². The first-order valence-corrected chi connectivity index (χ1v) is 7.22.